The highest BCUT2D eigenvalue weighted by Gasteiger charge is 2.08. The van der Waals surface area contributed by atoms with Gasteiger partial charge in [0, 0.05) is 17.5 Å². The minimum atomic E-state index is -0.948. The lowest BCUT2D eigenvalue weighted by atomic mass is 10.2. The second-order valence-electron chi connectivity index (χ2n) is 3.78. The number of aromatic amines is 1. The van der Waals surface area contributed by atoms with Gasteiger partial charge in [0.2, 0.25) is 0 Å². The lowest BCUT2D eigenvalue weighted by Crippen LogP contribution is -1.97. The fourth-order valence-electron chi connectivity index (χ4n) is 1.52. The van der Waals surface area contributed by atoms with Crippen LogP contribution in [0.1, 0.15) is 12.1 Å². The third kappa shape index (κ3) is 2.71. The number of H-pyrrole nitrogens is 1. The molecule has 6 heteroatoms. The molecule has 0 amide bonds. The Balaban J connectivity index is 2.18. The number of aryl methyl sites for hydroxylation is 1. The van der Waals surface area contributed by atoms with E-state index in [1.807, 2.05) is 0 Å². The lowest BCUT2D eigenvalue weighted by Gasteiger charge is -1.98. The average molecular weight is 252 g/mol. The van der Waals surface area contributed by atoms with Crippen molar-refractivity contribution in [1.82, 2.24) is 9.97 Å². The molecule has 2 rings (SSSR count). The van der Waals surface area contributed by atoms with Gasteiger partial charge in [-0.1, -0.05) is 0 Å². The molecule has 94 valence electrons. The van der Waals surface area contributed by atoms with E-state index in [2.05, 4.69) is 9.97 Å². The Kier molecular flexibility index (Phi) is 3.36. The number of hydrogen-bond acceptors (Lipinski definition) is 2. The molecule has 18 heavy (non-hydrogen) atoms. The van der Waals surface area contributed by atoms with Gasteiger partial charge in [-0.2, -0.15) is 0 Å². The highest BCUT2D eigenvalue weighted by atomic mass is 19.2. The summed E-state index contributed by atoms with van der Waals surface area (Å²) in [5.41, 5.74) is 1.05. The van der Waals surface area contributed by atoms with E-state index in [-0.39, 0.29) is 6.42 Å². The molecule has 0 radical (unpaired) electrons. The minimum Gasteiger partial charge on any atom is -0.481 e. The normalized spacial score (nSPS) is 10.6. The van der Waals surface area contributed by atoms with Gasteiger partial charge in [-0.3, -0.25) is 4.79 Å². The molecule has 0 bridgehead atoms. The maximum absolute atomic E-state index is 13.0. The van der Waals surface area contributed by atoms with Crippen LogP contribution in [-0.2, 0) is 11.2 Å². The molecular formula is C12H10F2N2O2. The van der Waals surface area contributed by atoms with Crippen molar-refractivity contribution in [1.29, 1.82) is 0 Å². The van der Waals surface area contributed by atoms with Crippen LogP contribution in [0.3, 0.4) is 0 Å². The highest BCUT2D eigenvalue weighted by molar-refractivity contribution is 5.67. The standard InChI is InChI=1S/C12H10F2N2O2/c13-9-3-1-7(5-10(9)14)12-15-6-8(16-12)2-4-11(17)18/h1,3,5-6H,2,4H2,(H,15,16)(H,17,18). The van der Waals surface area contributed by atoms with Crippen LogP contribution in [0.2, 0.25) is 0 Å². The number of carbonyl (C=O) groups is 1. The quantitative estimate of drug-likeness (QED) is 0.877. The Morgan fingerprint density at radius 3 is 2.78 bits per heavy atom. The summed E-state index contributed by atoms with van der Waals surface area (Å²) in [6, 6.07) is 3.46. The van der Waals surface area contributed by atoms with Gasteiger partial charge in [-0.05, 0) is 24.6 Å². The fraction of sp³-hybridized carbons (Fsp3) is 0.167. The van der Waals surface area contributed by atoms with Crippen LogP contribution < -0.4 is 0 Å². The first-order valence-electron chi connectivity index (χ1n) is 5.27. The van der Waals surface area contributed by atoms with Gasteiger partial charge in [0.1, 0.15) is 5.82 Å². The summed E-state index contributed by atoms with van der Waals surface area (Å²) in [5.74, 6) is -2.39. The van der Waals surface area contributed by atoms with Gasteiger partial charge in [-0.15, -0.1) is 0 Å². The van der Waals surface area contributed by atoms with Crippen molar-refractivity contribution >= 4 is 5.97 Å². The average Bonchev–Trinajstić information content (AvgIpc) is 2.79. The number of carboxylic acids is 1. The van der Waals surface area contributed by atoms with Gasteiger partial charge < -0.3 is 10.1 Å². The highest BCUT2D eigenvalue weighted by Crippen LogP contribution is 2.18. The predicted molar refractivity (Wildman–Crippen MR) is 59.9 cm³/mol. The van der Waals surface area contributed by atoms with Gasteiger partial charge in [0.25, 0.3) is 0 Å². The van der Waals surface area contributed by atoms with Crippen molar-refractivity contribution in [3.63, 3.8) is 0 Å². The number of aliphatic carboxylic acids is 1. The molecule has 2 aromatic rings. The predicted octanol–water partition coefficient (Wildman–Crippen LogP) is 2.37. The molecule has 0 unspecified atom stereocenters. The summed E-state index contributed by atoms with van der Waals surface area (Å²) in [6.45, 7) is 0. The number of hydrogen-bond donors (Lipinski definition) is 2. The van der Waals surface area contributed by atoms with Crippen molar-refractivity contribution in [2.24, 2.45) is 0 Å². The minimum absolute atomic E-state index is 0.0145. The molecule has 0 aliphatic heterocycles. The first-order valence-corrected chi connectivity index (χ1v) is 5.27. The number of halogens is 2. The first-order chi connectivity index (χ1) is 8.56. The Morgan fingerprint density at radius 2 is 2.11 bits per heavy atom. The van der Waals surface area contributed by atoms with E-state index in [1.54, 1.807) is 0 Å². The fourth-order valence-corrected chi connectivity index (χ4v) is 1.52. The topological polar surface area (TPSA) is 66.0 Å². The largest absolute Gasteiger partial charge is 0.481 e. The number of carboxylic acid groups (broad SMARTS) is 1. The maximum Gasteiger partial charge on any atom is 0.303 e. The summed E-state index contributed by atoms with van der Waals surface area (Å²) in [5, 5.41) is 8.54. The van der Waals surface area contributed by atoms with Crippen molar-refractivity contribution in [2.75, 3.05) is 0 Å². The Labute approximate surface area is 101 Å². The van der Waals surface area contributed by atoms with E-state index in [9.17, 15) is 13.6 Å². The molecule has 0 aliphatic rings. The van der Waals surface area contributed by atoms with E-state index >= 15 is 0 Å². The Bertz CT molecular complexity index is 581. The molecule has 0 aliphatic carbocycles. The third-order valence-electron chi connectivity index (χ3n) is 2.43. The van der Waals surface area contributed by atoms with Gasteiger partial charge in [0.05, 0.1) is 6.42 Å². The number of imidazole rings is 1. The molecule has 1 aromatic carbocycles. The van der Waals surface area contributed by atoms with Gasteiger partial charge in [-0.25, -0.2) is 13.8 Å². The van der Waals surface area contributed by atoms with E-state index in [1.165, 1.54) is 12.3 Å². The molecule has 1 aromatic heterocycles. The van der Waals surface area contributed by atoms with Crippen LogP contribution in [0, 0.1) is 11.6 Å². The van der Waals surface area contributed by atoms with Crippen molar-refractivity contribution in [3.8, 4) is 11.4 Å². The number of nitrogens with zero attached hydrogens (tertiary/aromatic N) is 1. The van der Waals surface area contributed by atoms with Crippen LogP contribution >= 0.6 is 0 Å². The number of rotatable bonds is 4. The second-order valence-corrected chi connectivity index (χ2v) is 3.78. The van der Waals surface area contributed by atoms with Crippen LogP contribution in [-0.4, -0.2) is 21.0 Å². The molecule has 0 spiro atoms. The Morgan fingerprint density at radius 1 is 1.33 bits per heavy atom. The van der Waals surface area contributed by atoms with E-state index < -0.39 is 17.6 Å². The van der Waals surface area contributed by atoms with Gasteiger partial charge >= 0.3 is 5.97 Å². The summed E-state index contributed by atoms with van der Waals surface area (Å²) in [6.07, 6.45) is 1.78. The zero-order chi connectivity index (χ0) is 13.1. The number of nitrogens with one attached hydrogen (secondary N) is 1. The molecular weight excluding hydrogens is 242 g/mol. The van der Waals surface area contributed by atoms with E-state index in [0.717, 1.165) is 12.1 Å². The molecule has 4 nitrogen and oxygen atoms in total. The third-order valence-corrected chi connectivity index (χ3v) is 2.43. The lowest BCUT2D eigenvalue weighted by molar-refractivity contribution is -0.136. The molecule has 1 heterocycles. The summed E-state index contributed by atoms with van der Waals surface area (Å²) < 4.78 is 25.8. The number of benzene rings is 1. The van der Waals surface area contributed by atoms with Crippen molar-refractivity contribution in [2.45, 2.75) is 12.8 Å². The van der Waals surface area contributed by atoms with Crippen molar-refractivity contribution < 1.29 is 18.7 Å². The molecule has 0 fully saturated rings. The Hall–Kier alpha value is -2.24. The molecule has 0 atom stereocenters. The van der Waals surface area contributed by atoms with E-state index in [4.69, 9.17) is 5.11 Å². The van der Waals surface area contributed by atoms with Crippen LogP contribution in [0.15, 0.2) is 24.4 Å². The smallest absolute Gasteiger partial charge is 0.303 e. The second kappa shape index (κ2) is 4.95. The molecule has 2 N–H and O–H groups in total. The summed E-state index contributed by atoms with van der Waals surface area (Å²) >= 11 is 0. The zero-order valence-electron chi connectivity index (χ0n) is 9.28. The van der Waals surface area contributed by atoms with Crippen LogP contribution in [0.25, 0.3) is 11.4 Å². The monoisotopic (exact) mass is 252 g/mol. The first kappa shape index (κ1) is 12.2. The summed E-state index contributed by atoms with van der Waals surface area (Å²) in [4.78, 5) is 17.3. The maximum atomic E-state index is 13.0. The van der Waals surface area contributed by atoms with Crippen LogP contribution in [0.5, 0.6) is 0 Å². The van der Waals surface area contributed by atoms with E-state index in [0.29, 0.717) is 23.5 Å². The summed E-state index contributed by atoms with van der Waals surface area (Å²) in [7, 11) is 0. The van der Waals surface area contributed by atoms with Crippen molar-refractivity contribution in [3.05, 3.63) is 41.7 Å². The van der Waals surface area contributed by atoms with Gasteiger partial charge in [0.15, 0.2) is 11.6 Å². The SMILES string of the molecule is O=C(O)CCc1cnc(-c2ccc(F)c(F)c2)[nH]1. The molecule has 0 saturated heterocycles. The van der Waals surface area contributed by atoms with Crippen LogP contribution in [0.4, 0.5) is 8.78 Å². The zero-order valence-corrected chi connectivity index (χ0v) is 9.28. The number of aromatic nitrogens is 2. The molecule has 0 saturated carbocycles.